The molecule has 8 nitrogen and oxygen atoms in total. The van der Waals surface area contributed by atoms with Gasteiger partial charge in [-0.25, -0.2) is 4.39 Å². The van der Waals surface area contributed by atoms with Gasteiger partial charge in [0.05, 0.1) is 5.56 Å². The molecule has 188 valence electrons. The number of piperidine rings is 1. The standard InChI is InChI=1S/C26H29FN6O2S/c1-31-10-12-33(13-11-31)36(34,35)32-8-5-23(6-9-32)30-26-16-21(15-20-4-7-29-18-24(20)26)19-2-3-25(27)22(14-19)17-28/h2-4,7,14-16,18,23,30H,5-6,8-13H2,1H3. The maximum absolute atomic E-state index is 13.9. The minimum atomic E-state index is -3.45. The molecule has 3 heterocycles. The summed E-state index contributed by atoms with van der Waals surface area (Å²) in [5.41, 5.74) is 2.51. The molecule has 0 bridgehead atoms. The number of benzene rings is 2. The fourth-order valence-electron chi connectivity index (χ4n) is 4.91. The van der Waals surface area contributed by atoms with Crippen LogP contribution in [0.5, 0.6) is 0 Å². The maximum atomic E-state index is 13.9. The lowest BCUT2D eigenvalue weighted by Gasteiger charge is -2.38. The number of pyridine rings is 1. The summed E-state index contributed by atoms with van der Waals surface area (Å²) in [5, 5.41) is 14.8. The van der Waals surface area contributed by atoms with Gasteiger partial charge < -0.3 is 10.2 Å². The smallest absolute Gasteiger partial charge is 0.282 e. The van der Waals surface area contributed by atoms with Gasteiger partial charge in [0.25, 0.3) is 10.2 Å². The summed E-state index contributed by atoms with van der Waals surface area (Å²) in [5.74, 6) is -0.539. The van der Waals surface area contributed by atoms with E-state index in [1.807, 2.05) is 31.3 Å². The van der Waals surface area contributed by atoms with E-state index in [1.165, 1.54) is 6.07 Å². The zero-order valence-electron chi connectivity index (χ0n) is 20.2. The van der Waals surface area contributed by atoms with E-state index in [-0.39, 0.29) is 11.6 Å². The van der Waals surface area contributed by atoms with Crippen molar-refractivity contribution in [3.05, 3.63) is 60.2 Å². The first-order chi connectivity index (χ1) is 17.3. The Morgan fingerprint density at radius 2 is 1.72 bits per heavy atom. The van der Waals surface area contributed by atoms with Crippen molar-refractivity contribution < 1.29 is 12.8 Å². The molecule has 1 aromatic heterocycles. The largest absolute Gasteiger partial charge is 0.382 e. The number of nitriles is 1. The summed E-state index contributed by atoms with van der Waals surface area (Å²) < 4.78 is 43.3. The van der Waals surface area contributed by atoms with Gasteiger partial charge in [-0.2, -0.15) is 22.3 Å². The fraction of sp³-hybridized carbons (Fsp3) is 0.385. The lowest BCUT2D eigenvalue weighted by Crippen LogP contribution is -2.54. The lowest BCUT2D eigenvalue weighted by atomic mass is 9.98. The summed E-state index contributed by atoms with van der Waals surface area (Å²) in [6, 6.07) is 12.5. The summed E-state index contributed by atoms with van der Waals surface area (Å²) >= 11 is 0. The molecule has 10 heteroatoms. The molecule has 0 atom stereocenters. The van der Waals surface area contributed by atoms with Crippen LogP contribution in [0.3, 0.4) is 0 Å². The van der Waals surface area contributed by atoms with Gasteiger partial charge in [-0.15, -0.1) is 0 Å². The number of anilines is 1. The highest BCUT2D eigenvalue weighted by atomic mass is 32.2. The zero-order chi connectivity index (χ0) is 25.3. The van der Waals surface area contributed by atoms with Gasteiger partial charge >= 0.3 is 0 Å². The number of halogens is 1. The van der Waals surface area contributed by atoms with E-state index in [9.17, 15) is 18.1 Å². The molecule has 2 aliphatic heterocycles. The molecule has 0 aliphatic carbocycles. The number of piperazine rings is 1. The van der Waals surface area contributed by atoms with E-state index in [0.29, 0.717) is 39.0 Å². The minimum Gasteiger partial charge on any atom is -0.382 e. The summed E-state index contributed by atoms with van der Waals surface area (Å²) in [6.07, 6.45) is 4.91. The average molecular weight is 509 g/mol. The average Bonchev–Trinajstić information content (AvgIpc) is 2.89. The highest BCUT2D eigenvalue weighted by molar-refractivity contribution is 7.86. The zero-order valence-corrected chi connectivity index (χ0v) is 21.0. The predicted molar refractivity (Wildman–Crippen MR) is 138 cm³/mol. The van der Waals surface area contributed by atoms with E-state index >= 15 is 0 Å². The highest BCUT2D eigenvalue weighted by Crippen LogP contribution is 2.33. The van der Waals surface area contributed by atoms with Crippen LogP contribution in [0.4, 0.5) is 10.1 Å². The van der Waals surface area contributed by atoms with E-state index in [1.54, 1.807) is 33.1 Å². The molecule has 0 unspecified atom stereocenters. The van der Waals surface area contributed by atoms with Gasteiger partial charge in [0, 0.05) is 68.8 Å². The monoisotopic (exact) mass is 508 g/mol. The van der Waals surface area contributed by atoms with Crippen LogP contribution in [0.15, 0.2) is 48.8 Å². The van der Waals surface area contributed by atoms with Crippen LogP contribution in [-0.4, -0.2) is 79.3 Å². The molecule has 2 aromatic carbocycles. The van der Waals surface area contributed by atoms with Gasteiger partial charge in [0.1, 0.15) is 11.9 Å². The Morgan fingerprint density at radius 3 is 2.44 bits per heavy atom. The molecule has 2 fully saturated rings. The normalized spacial score (nSPS) is 18.8. The van der Waals surface area contributed by atoms with Gasteiger partial charge in [-0.1, -0.05) is 6.07 Å². The van der Waals surface area contributed by atoms with Crippen LogP contribution in [0.2, 0.25) is 0 Å². The Labute approximate surface area is 211 Å². The first-order valence-corrected chi connectivity index (χ1v) is 13.5. The molecule has 2 saturated heterocycles. The number of hydrogen-bond acceptors (Lipinski definition) is 6. The summed E-state index contributed by atoms with van der Waals surface area (Å²) in [6.45, 7) is 3.48. The molecule has 5 rings (SSSR count). The molecule has 0 amide bonds. The summed E-state index contributed by atoms with van der Waals surface area (Å²) in [7, 11) is -1.44. The van der Waals surface area contributed by atoms with Crippen LogP contribution in [0.25, 0.3) is 21.9 Å². The van der Waals surface area contributed by atoms with Crippen LogP contribution in [-0.2, 0) is 10.2 Å². The third kappa shape index (κ3) is 4.92. The molecular weight excluding hydrogens is 479 g/mol. The summed E-state index contributed by atoms with van der Waals surface area (Å²) in [4.78, 5) is 6.42. The second-order valence-electron chi connectivity index (χ2n) is 9.45. The first kappa shape index (κ1) is 24.6. The number of likely N-dealkylation sites (N-methyl/N-ethyl adjacent to an activating group) is 1. The molecule has 3 aromatic rings. The number of hydrogen-bond donors (Lipinski definition) is 1. The van der Waals surface area contributed by atoms with Crippen LogP contribution in [0, 0.1) is 17.1 Å². The first-order valence-electron chi connectivity index (χ1n) is 12.1. The maximum Gasteiger partial charge on any atom is 0.282 e. The quantitative estimate of drug-likeness (QED) is 0.569. The van der Waals surface area contributed by atoms with Gasteiger partial charge in [-0.05, 0) is 66.7 Å². The van der Waals surface area contributed by atoms with Gasteiger partial charge in [0.2, 0.25) is 0 Å². The van der Waals surface area contributed by atoms with Crippen molar-refractivity contribution in [3.63, 3.8) is 0 Å². The van der Waals surface area contributed by atoms with E-state index in [0.717, 1.165) is 40.7 Å². The van der Waals surface area contributed by atoms with Crippen molar-refractivity contribution in [2.45, 2.75) is 18.9 Å². The molecular formula is C26H29FN6O2S. The van der Waals surface area contributed by atoms with E-state index in [2.05, 4.69) is 15.2 Å². The van der Waals surface area contributed by atoms with Crippen LogP contribution >= 0.6 is 0 Å². The predicted octanol–water partition coefficient (Wildman–Crippen LogP) is 3.28. The Balaban J connectivity index is 1.34. The lowest BCUT2D eigenvalue weighted by molar-refractivity contribution is 0.206. The van der Waals surface area contributed by atoms with Crippen molar-refractivity contribution in [2.24, 2.45) is 0 Å². The number of nitrogens with zero attached hydrogens (tertiary/aromatic N) is 5. The Bertz CT molecular complexity index is 1410. The number of nitrogens with one attached hydrogen (secondary N) is 1. The molecule has 1 N–H and O–H groups in total. The van der Waals surface area contributed by atoms with Crippen LogP contribution < -0.4 is 5.32 Å². The number of aromatic nitrogens is 1. The van der Waals surface area contributed by atoms with Gasteiger partial charge in [0.15, 0.2) is 0 Å². The second-order valence-corrected chi connectivity index (χ2v) is 11.4. The molecule has 2 aliphatic rings. The van der Waals surface area contributed by atoms with Crippen molar-refractivity contribution in [1.29, 1.82) is 5.26 Å². The third-order valence-electron chi connectivity index (χ3n) is 7.10. The van der Waals surface area contributed by atoms with Crippen molar-refractivity contribution >= 4 is 26.7 Å². The molecule has 0 saturated carbocycles. The van der Waals surface area contributed by atoms with Crippen molar-refractivity contribution in [2.75, 3.05) is 51.6 Å². The topological polar surface area (TPSA) is 92.6 Å². The van der Waals surface area contributed by atoms with Crippen molar-refractivity contribution in [3.8, 4) is 17.2 Å². The van der Waals surface area contributed by atoms with E-state index < -0.39 is 16.0 Å². The number of fused-ring (bicyclic) bond motifs is 1. The molecule has 36 heavy (non-hydrogen) atoms. The Morgan fingerprint density at radius 1 is 1.00 bits per heavy atom. The molecule has 0 radical (unpaired) electrons. The molecule has 0 spiro atoms. The van der Waals surface area contributed by atoms with E-state index in [4.69, 9.17) is 0 Å². The number of rotatable bonds is 5. The van der Waals surface area contributed by atoms with Crippen molar-refractivity contribution in [1.82, 2.24) is 18.5 Å². The second kappa shape index (κ2) is 10.1. The highest BCUT2D eigenvalue weighted by Gasteiger charge is 2.34. The van der Waals surface area contributed by atoms with Crippen LogP contribution in [0.1, 0.15) is 18.4 Å². The fourth-order valence-corrected chi connectivity index (χ4v) is 6.53. The SMILES string of the molecule is CN1CCN(S(=O)(=O)N2CCC(Nc3cc(-c4ccc(F)c(C#N)c4)cc4ccncc34)CC2)CC1. The Kier molecular flexibility index (Phi) is 6.90. The van der Waals surface area contributed by atoms with Gasteiger partial charge in [-0.3, -0.25) is 4.98 Å². The Hall–Kier alpha value is -3.10. The third-order valence-corrected chi connectivity index (χ3v) is 9.14. The minimum absolute atomic E-state index is 0.00534.